The third-order valence-corrected chi connectivity index (χ3v) is 6.12. The summed E-state index contributed by atoms with van der Waals surface area (Å²) in [6, 6.07) is 18.4. The number of halogens is 1. The lowest BCUT2D eigenvalue weighted by Crippen LogP contribution is -2.34. The molecule has 0 radical (unpaired) electrons. The highest BCUT2D eigenvalue weighted by Crippen LogP contribution is 2.29. The summed E-state index contributed by atoms with van der Waals surface area (Å²) < 4.78 is 11.0. The van der Waals surface area contributed by atoms with Gasteiger partial charge in [0, 0.05) is 16.8 Å². The molecule has 8 heteroatoms. The van der Waals surface area contributed by atoms with Crippen LogP contribution in [0.2, 0.25) is 5.02 Å². The summed E-state index contributed by atoms with van der Waals surface area (Å²) in [6.07, 6.45) is 1.07. The van der Waals surface area contributed by atoms with Crippen molar-refractivity contribution in [3.05, 3.63) is 76.8 Å². The molecule has 174 valence electrons. The topological polar surface area (TPSA) is 76.4 Å². The molecule has 0 saturated carbocycles. The lowest BCUT2D eigenvalue weighted by atomic mass is 9.98. The number of ether oxygens (including phenoxy) is 1. The van der Waals surface area contributed by atoms with Crippen molar-refractivity contribution in [3.63, 3.8) is 0 Å². The van der Waals surface area contributed by atoms with Gasteiger partial charge in [0.25, 0.3) is 5.91 Å². The summed E-state index contributed by atoms with van der Waals surface area (Å²) in [5.74, 6) is 1.15. The molecule has 3 aromatic carbocycles. The van der Waals surface area contributed by atoms with Crippen LogP contribution < -0.4 is 15.4 Å². The van der Waals surface area contributed by atoms with Crippen LogP contribution >= 0.6 is 23.8 Å². The molecule has 1 atom stereocenters. The number of carbonyl (C=O) groups is 1. The Kier molecular flexibility index (Phi) is 7.14. The van der Waals surface area contributed by atoms with E-state index >= 15 is 0 Å². The molecule has 0 aliphatic heterocycles. The van der Waals surface area contributed by atoms with Gasteiger partial charge in [0.15, 0.2) is 10.7 Å². The molecule has 0 fully saturated rings. The summed E-state index contributed by atoms with van der Waals surface area (Å²) in [5.41, 5.74) is 4.79. The largest absolute Gasteiger partial charge is 0.495 e. The molecule has 0 spiro atoms. The van der Waals surface area contributed by atoms with Gasteiger partial charge in [0.1, 0.15) is 11.3 Å². The summed E-state index contributed by atoms with van der Waals surface area (Å²) >= 11 is 11.4. The van der Waals surface area contributed by atoms with Gasteiger partial charge in [-0.15, -0.1) is 0 Å². The summed E-state index contributed by atoms with van der Waals surface area (Å²) in [5, 5.41) is 6.16. The first-order valence-corrected chi connectivity index (χ1v) is 11.6. The minimum absolute atomic E-state index is 0.170. The monoisotopic (exact) mass is 493 g/mol. The SMILES string of the molecule is CCC(C)c1ccc2oc(-c3ccc(NC(=S)NC(=O)c4ccc(OC)c(Cl)c4)cc3)nc2c1. The predicted octanol–water partition coefficient (Wildman–Crippen LogP) is 6.80. The number of carbonyl (C=O) groups excluding carboxylic acids is 1. The van der Waals surface area contributed by atoms with Crippen molar-refractivity contribution >= 4 is 51.6 Å². The summed E-state index contributed by atoms with van der Waals surface area (Å²) in [6.45, 7) is 4.37. The first-order valence-electron chi connectivity index (χ1n) is 10.8. The zero-order valence-electron chi connectivity index (χ0n) is 19.0. The van der Waals surface area contributed by atoms with Crippen molar-refractivity contribution in [2.24, 2.45) is 0 Å². The van der Waals surface area contributed by atoms with Crippen LogP contribution in [0.4, 0.5) is 5.69 Å². The van der Waals surface area contributed by atoms with Crippen LogP contribution in [0.3, 0.4) is 0 Å². The number of nitrogens with zero attached hydrogens (tertiary/aromatic N) is 1. The minimum Gasteiger partial charge on any atom is -0.495 e. The van der Waals surface area contributed by atoms with E-state index in [0.29, 0.717) is 28.1 Å². The van der Waals surface area contributed by atoms with Gasteiger partial charge in [-0.25, -0.2) is 4.98 Å². The Labute approximate surface area is 208 Å². The number of aromatic nitrogens is 1. The fourth-order valence-corrected chi connectivity index (χ4v) is 3.92. The van der Waals surface area contributed by atoms with Gasteiger partial charge in [-0.2, -0.15) is 0 Å². The first-order chi connectivity index (χ1) is 16.4. The van der Waals surface area contributed by atoms with Crippen LogP contribution in [-0.2, 0) is 0 Å². The third kappa shape index (κ3) is 5.21. The van der Waals surface area contributed by atoms with Crippen molar-refractivity contribution in [1.29, 1.82) is 0 Å². The number of oxazole rings is 1. The lowest BCUT2D eigenvalue weighted by molar-refractivity contribution is 0.0977. The number of thiocarbonyl (C=S) groups is 1. The van der Waals surface area contributed by atoms with Gasteiger partial charge >= 0.3 is 0 Å². The van der Waals surface area contributed by atoms with E-state index in [4.69, 9.17) is 33.0 Å². The summed E-state index contributed by atoms with van der Waals surface area (Å²) in [7, 11) is 1.51. The molecule has 1 heterocycles. The van der Waals surface area contributed by atoms with Gasteiger partial charge in [-0.1, -0.05) is 31.5 Å². The average Bonchev–Trinajstić information content (AvgIpc) is 3.27. The van der Waals surface area contributed by atoms with E-state index in [9.17, 15) is 4.79 Å². The molecule has 2 N–H and O–H groups in total. The molecule has 1 aromatic heterocycles. The molecule has 4 rings (SSSR count). The first kappa shape index (κ1) is 23.7. The Balaban J connectivity index is 1.42. The van der Waals surface area contributed by atoms with Crippen LogP contribution in [0.25, 0.3) is 22.6 Å². The standard InChI is InChI=1S/C26H24ClN3O3S/c1-4-15(2)17-7-12-23-21(14-17)29-25(33-23)16-5-9-19(10-6-16)28-26(34)30-24(31)18-8-11-22(32-3)20(27)13-18/h5-15H,4H2,1-3H3,(H2,28,30,31,34). The van der Waals surface area contributed by atoms with E-state index in [1.165, 1.54) is 18.7 Å². The predicted molar refractivity (Wildman–Crippen MR) is 140 cm³/mol. The highest BCUT2D eigenvalue weighted by atomic mass is 35.5. The highest BCUT2D eigenvalue weighted by molar-refractivity contribution is 7.80. The average molecular weight is 494 g/mol. The lowest BCUT2D eigenvalue weighted by Gasteiger charge is -2.10. The Bertz CT molecular complexity index is 1350. The van der Waals surface area contributed by atoms with Crippen molar-refractivity contribution in [2.75, 3.05) is 12.4 Å². The maximum absolute atomic E-state index is 12.4. The Morgan fingerprint density at radius 1 is 1.15 bits per heavy atom. The molecule has 1 amide bonds. The fraction of sp³-hybridized carbons (Fsp3) is 0.192. The number of anilines is 1. The van der Waals surface area contributed by atoms with Crippen LogP contribution in [-0.4, -0.2) is 23.1 Å². The second-order valence-corrected chi connectivity index (χ2v) is 8.71. The van der Waals surface area contributed by atoms with E-state index in [2.05, 4.69) is 41.6 Å². The maximum Gasteiger partial charge on any atom is 0.257 e. The van der Waals surface area contributed by atoms with E-state index < -0.39 is 0 Å². The molecule has 0 aliphatic rings. The van der Waals surface area contributed by atoms with Crippen LogP contribution in [0, 0.1) is 0 Å². The van der Waals surface area contributed by atoms with Gasteiger partial charge in [0.2, 0.25) is 5.89 Å². The minimum atomic E-state index is -0.373. The van der Waals surface area contributed by atoms with Crippen molar-refractivity contribution in [1.82, 2.24) is 10.3 Å². The van der Waals surface area contributed by atoms with Crippen LogP contribution in [0.5, 0.6) is 5.75 Å². The maximum atomic E-state index is 12.4. The molecule has 4 aromatic rings. The van der Waals surface area contributed by atoms with Crippen LogP contribution in [0.1, 0.15) is 42.1 Å². The third-order valence-electron chi connectivity index (χ3n) is 5.62. The molecular weight excluding hydrogens is 470 g/mol. The Morgan fingerprint density at radius 2 is 1.91 bits per heavy atom. The highest BCUT2D eigenvalue weighted by Gasteiger charge is 2.13. The van der Waals surface area contributed by atoms with E-state index in [1.54, 1.807) is 12.1 Å². The normalized spacial score (nSPS) is 11.8. The van der Waals surface area contributed by atoms with Gasteiger partial charge in [-0.3, -0.25) is 10.1 Å². The quantitative estimate of drug-likeness (QED) is 0.288. The van der Waals surface area contributed by atoms with Crippen molar-refractivity contribution in [2.45, 2.75) is 26.2 Å². The smallest absolute Gasteiger partial charge is 0.257 e. The molecule has 0 aliphatic carbocycles. The van der Waals surface area contributed by atoms with E-state index in [-0.39, 0.29) is 11.0 Å². The molecular formula is C26H24ClN3O3S. The number of hydrogen-bond acceptors (Lipinski definition) is 5. The number of amides is 1. The van der Waals surface area contributed by atoms with Gasteiger partial charge in [0.05, 0.1) is 12.1 Å². The summed E-state index contributed by atoms with van der Waals surface area (Å²) in [4.78, 5) is 17.1. The Morgan fingerprint density at radius 3 is 2.59 bits per heavy atom. The molecule has 6 nitrogen and oxygen atoms in total. The zero-order chi connectivity index (χ0) is 24.2. The van der Waals surface area contributed by atoms with Crippen molar-refractivity contribution in [3.8, 4) is 17.2 Å². The molecule has 0 bridgehead atoms. The number of benzene rings is 3. The number of methoxy groups -OCH3 is 1. The number of rotatable bonds is 6. The number of fused-ring (bicyclic) bond motifs is 1. The van der Waals surface area contributed by atoms with Gasteiger partial charge in [-0.05, 0) is 84.7 Å². The van der Waals surface area contributed by atoms with Crippen molar-refractivity contribution < 1.29 is 13.9 Å². The molecule has 34 heavy (non-hydrogen) atoms. The second-order valence-electron chi connectivity index (χ2n) is 7.89. The van der Waals surface area contributed by atoms with E-state index in [1.807, 2.05) is 30.3 Å². The zero-order valence-corrected chi connectivity index (χ0v) is 20.6. The Hall–Kier alpha value is -3.42. The van der Waals surface area contributed by atoms with Crippen LogP contribution in [0.15, 0.2) is 65.1 Å². The van der Waals surface area contributed by atoms with E-state index in [0.717, 1.165) is 28.8 Å². The van der Waals surface area contributed by atoms with Gasteiger partial charge < -0.3 is 14.5 Å². The number of nitrogens with one attached hydrogen (secondary N) is 2. The molecule has 0 saturated heterocycles. The molecule has 1 unspecified atom stereocenters. The fourth-order valence-electron chi connectivity index (χ4n) is 3.45. The number of hydrogen-bond donors (Lipinski definition) is 2. The second kappa shape index (κ2) is 10.2.